The minimum atomic E-state index is -0.510. The van der Waals surface area contributed by atoms with Crippen LogP contribution in [-0.2, 0) is 0 Å². The number of aliphatic hydroxyl groups excluding tert-OH is 1. The lowest BCUT2D eigenvalue weighted by Crippen LogP contribution is -2.29. The van der Waals surface area contributed by atoms with Gasteiger partial charge in [0.15, 0.2) is 0 Å². The molecule has 0 saturated carbocycles. The lowest BCUT2D eigenvalue weighted by molar-refractivity contribution is 0.199. The van der Waals surface area contributed by atoms with E-state index in [0.717, 1.165) is 43.9 Å². The van der Waals surface area contributed by atoms with Crippen molar-refractivity contribution in [1.82, 2.24) is 4.90 Å². The molecule has 1 aromatic rings. The molecule has 1 aliphatic rings. The fourth-order valence-electron chi connectivity index (χ4n) is 2.53. The summed E-state index contributed by atoms with van der Waals surface area (Å²) in [5.41, 5.74) is 2.56. The van der Waals surface area contributed by atoms with E-state index < -0.39 is 6.10 Å². The largest absolute Gasteiger partial charge is 0.389 e. The molecule has 0 amide bonds. The monoisotopic (exact) mass is 259 g/mol. The number of nitriles is 1. The number of nitrogens with zero attached hydrogens (tertiary/aromatic N) is 3. The summed E-state index contributed by atoms with van der Waals surface area (Å²) in [6.07, 6.45) is 0.593. The van der Waals surface area contributed by atoms with E-state index in [1.807, 2.05) is 12.1 Å². The number of hydrogen-bond acceptors (Lipinski definition) is 4. The molecule has 0 aromatic heterocycles. The number of aliphatic hydroxyl groups is 1. The molecule has 1 N–H and O–H groups in total. The molecular weight excluding hydrogens is 238 g/mol. The smallest absolute Gasteiger partial charge is 0.0992 e. The molecule has 19 heavy (non-hydrogen) atoms. The van der Waals surface area contributed by atoms with Gasteiger partial charge in [0, 0.05) is 30.9 Å². The molecule has 2 rings (SSSR count). The Balaban J connectivity index is 2.33. The van der Waals surface area contributed by atoms with Gasteiger partial charge >= 0.3 is 0 Å². The highest BCUT2D eigenvalue weighted by Gasteiger charge is 2.18. The van der Waals surface area contributed by atoms with Crippen molar-refractivity contribution in [3.8, 4) is 6.07 Å². The zero-order valence-electron chi connectivity index (χ0n) is 11.6. The van der Waals surface area contributed by atoms with Gasteiger partial charge in [-0.05, 0) is 39.1 Å². The first-order valence-corrected chi connectivity index (χ1v) is 6.77. The van der Waals surface area contributed by atoms with Crippen molar-refractivity contribution in [2.45, 2.75) is 19.4 Å². The highest BCUT2D eigenvalue weighted by molar-refractivity contribution is 5.58. The zero-order chi connectivity index (χ0) is 13.8. The van der Waals surface area contributed by atoms with Crippen LogP contribution in [0.4, 0.5) is 5.69 Å². The van der Waals surface area contributed by atoms with Crippen LogP contribution in [0.1, 0.15) is 30.6 Å². The topological polar surface area (TPSA) is 50.5 Å². The van der Waals surface area contributed by atoms with Crippen LogP contribution in [-0.4, -0.2) is 43.2 Å². The van der Waals surface area contributed by atoms with Crippen LogP contribution in [0.15, 0.2) is 18.2 Å². The van der Waals surface area contributed by atoms with Gasteiger partial charge in [-0.3, -0.25) is 0 Å². The third-order valence-electron chi connectivity index (χ3n) is 3.67. The molecule has 0 radical (unpaired) electrons. The first-order valence-electron chi connectivity index (χ1n) is 6.77. The van der Waals surface area contributed by atoms with Crippen molar-refractivity contribution < 1.29 is 5.11 Å². The van der Waals surface area contributed by atoms with Crippen LogP contribution in [0.2, 0.25) is 0 Å². The van der Waals surface area contributed by atoms with Crippen molar-refractivity contribution in [3.05, 3.63) is 29.3 Å². The first-order chi connectivity index (χ1) is 9.11. The quantitative estimate of drug-likeness (QED) is 0.879. The Kier molecular flexibility index (Phi) is 4.41. The molecule has 102 valence electrons. The number of benzene rings is 1. The summed E-state index contributed by atoms with van der Waals surface area (Å²) >= 11 is 0. The Morgan fingerprint density at radius 3 is 2.74 bits per heavy atom. The summed E-state index contributed by atoms with van der Waals surface area (Å²) in [5.74, 6) is 0. The van der Waals surface area contributed by atoms with Gasteiger partial charge in [0.25, 0.3) is 0 Å². The van der Waals surface area contributed by atoms with Crippen LogP contribution in [0.3, 0.4) is 0 Å². The molecular formula is C15H21N3O. The normalized spacial score (nSPS) is 18.7. The molecule has 4 heteroatoms. The van der Waals surface area contributed by atoms with Crippen LogP contribution in [0.5, 0.6) is 0 Å². The van der Waals surface area contributed by atoms with Gasteiger partial charge in [0.05, 0.1) is 17.7 Å². The van der Waals surface area contributed by atoms with Crippen molar-refractivity contribution >= 4 is 5.69 Å². The van der Waals surface area contributed by atoms with E-state index in [1.54, 1.807) is 13.0 Å². The van der Waals surface area contributed by atoms with Crippen molar-refractivity contribution in [3.63, 3.8) is 0 Å². The van der Waals surface area contributed by atoms with E-state index in [2.05, 4.69) is 22.9 Å². The highest BCUT2D eigenvalue weighted by atomic mass is 16.3. The van der Waals surface area contributed by atoms with Gasteiger partial charge in [0.2, 0.25) is 0 Å². The molecule has 1 saturated heterocycles. The molecule has 0 bridgehead atoms. The molecule has 0 aliphatic carbocycles. The maximum absolute atomic E-state index is 9.90. The minimum Gasteiger partial charge on any atom is -0.389 e. The van der Waals surface area contributed by atoms with Crippen LogP contribution in [0.25, 0.3) is 0 Å². The summed E-state index contributed by atoms with van der Waals surface area (Å²) in [4.78, 5) is 4.60. The standard InChI is InChI=1S/C15H21N3O/c1-12(19)14-5-4-13(11-16)10-15(14)18-7-3-6-17(2)8-9-18/h4-5,10,12,19H,3,6-9H2,1-2H3/t12-/m1/s1. The van der Waals surface area contributed by atoms with Crippen molar-refractivity contribution in [1.29, 1.82) is 5.26 Å². The van der Waals surface area contributed by atoms with Gasteiger partial charge in [-0.15, -0.1) is 0 Å². The van der Waals surface area contributed by atoms with Crippen LogP contribution in [0, 0.1) is 11.3 Å². The van der Waals surface area contributed by atoms with Crippen molar-refractivity contribution in [2.75, 3.05) is 38.1 Å². The lowest BCUT2D eigenvalue weighted by atomic mass is 10.0. The van der Waals surface area contributed by atoms with E-state index in [0.29, 0.717) is 5.56 Å². The number of likely N-dealkylation sites (N-methyl/N-ethyl adjacent to an activating group) is 1. The summed E-state index contributed by atoms with van der Waals surface area (Å²) < 4.78 is 0. The SMILES string of the molecule is C[C@@H](O)c1ccc(C#N)cc1N1CCCN(C)CC1. The Labute approximate surface area is 114 Å². The van der Waals surface area contributed by atoms with E-state index in [9.17, 15) is 5.11 Å². The second kappa shape index (κ2) is 6.05. The van der Waals surface area contributed by atoms with Crippen LogP contribution >= 0.6 is 0 Å². The van der Waals surface area contributed by atoms with Gasteiger partial charge < -0.3 is 14.9 Å². The van der Waals surface area contributed by atoms with E-state index >= 15 is 0 Å². The summed E-state index contributed by atoms with van der Waals surface area (Å²) in [6.45, 7) is 5.79. The molecule has 4 nitrogen and oxygen atoms in total. The van der Waals surface area contributed by atoms with Gasteiger partial charge in [-0.1, -0.05) is 6.07 Å². The van der Waals surface area contributed by atoms with E-state index in [1.165, 1.54) is 0 Å². The number of rotatable bonds is 2. The number of hydrogen-bond donors (Lipinski definition) is 1. The maximum Gasteiger partial charge on any atom is 0.0992 e. The first kappa shape index (κ1) is 13.9. The second-order valence-electron chi connectivity index (χ2n) is 5.21. The average Bonchev–Trinajstić information content (AvgIpc) is 2.62. The fraction of sp³-hybridized carbons (Fsp3) is 0.533. The third-order valence-corrected chi connectivity index (χ3v) is 3.67. The molecule has 1 aromatic carbocycles. The van der Waals surface area contributed by atoms with Gasteiger partial charge in [0.1, 0.15) is 0 Å². The van der Waals surface area contributed by atoms with Gasteiger partial charge in [-0.2, -0.15) is 5.26 Å². The second-order valence-corrected chi connectivity index (χ2v) is 5.21. The summed E-state index contributed by atoms with van der Waals surface area (Å²) in [6, 6.07) is 7.72. The lowest BCUT2D eigenvalue weighted by Gasteiger charge is -2.26. The van der Waals surface area contributed by atoms with E-state index in [-0.39, 0.29) is 0 Å². The van der Waals surface area contributed by atoms with Gasteiger partial charge in [-0.25, -0.2) is 0 Å². The molecule has 1 heterocycles. The molecule has 0 unspecified atom stereocenters. The Morgan fingerprint density at radius 1 is 1.26 bits per heavy atom. The Bertz CT molecular complexity index is 479. The molecule has 0 spiro atoms. The van der Waals surface area contributed by atoms with Crippen molar-refractivity contribution in [2.24, 2.45) is 0 Å². The Morgan fingerprint density at radius 2 is 2.05 bits per heavy atom. The maximum atomic E-state index is 9.90. The molecule has 1 fully saturated rings. The Hall–Kier alpha value is -1.57. The fourth-order valence-corrected chi connectivity index (χ4v) is 2.53. The molecule has 1 atom stereocenters. The summed E-state index contributed by atoms with van der Waals surface area (Å²) in [5, 5.41) is 18.9. The minimum absolute atomic E-state index is 0.510. The summed E-state index contributed by atoms with van der Waals surface area (Å²) in [7, 11) is 2.13. The zero-order valence-corrected chi connectivity index (χ0v) is 11.6. The molecule has 1 aliphatic heterocycles. The third kappa shape index (κ3) is 3.25. The number of anilines is 1. The van der Waals surface area contributed by atoms with Crippen LogP contribution < -0.4 is 4.90 Å². The average molecular weight is 259 g/mol. The predicted octanol–water partition coefficient (Wildman–Crippen LogP) is 1.75. The predicted molar refractivity (Wildman–Crippen MR) is 76.1 cm³/mol. The highest BCUT2D eigenvalue weighted by Crippen LogP contribution is 2.28. The van der Waals surface area contributed by atoms with E-state index in [4.69, 9.17) is 5.26 Å².